The first-order valence-electron chi connectivity index (χ1n) is 5.95. The molecule has 1 fully saturated rings. The zero-order valence-electron chi connectivity index (χ0n) is 11.1. The lowest BCUT2D eigenvalue weighted by molar-refractivity contribution is 0.00578. The van der Waals surface area contributed by atoms with Crippen LogP contribution in [0.4, 0.5) is 0 Å². The number of aliphatic hydroxyl groups excluding tert-OH is 1. The van der Waals surface area contributed by atoms with Crippen LogP contribution in [0.15, 0.2) is 17.1 Å². The van der Waals surface area contributed by atoms with E-state index in [2.05, 4.69) is 4.98 Å². The molecule has 18 heavy (non-hydrogen) atoms. The van der Waals surface area contributed by atoms with Crippen molar-refractivity contribution in [2.45, 2.75) is 45.5 Å². The van der Waals surface area contributed by atoms with Crippen molar-refractivity contribution >= 4 is 12.6 Å². The van der Waals surface area contributed by atoms with Crippen LogP contribution in [-0.2, 0) is 15.9 Å². The number of rotatable bonds is 2. The van der Waals surface area contributed by atoms with Crippen LogP contribution in [0.1, 0.15) is 33.3 Å². The summed E-state index contributed by atoms with van der Waals surface area (Å²) in [6.45, 7) is 7.46. The SMILES string of the molecule is CC1(C)OB(c2c(CO)cc[nH]c2=O)OC1(C)C. The highest BCUT2D eigenvalue weighted by atomic mass is 16.7. The molecule has 0 aliphatic carbocycles. The molecule has 0 saturated carbocycles. The molecule has 0 unspecified atom stereocenters. The lowest BCUT2D eigenvalue weighted by Gasteiger charge is -2.32. The summed E-state index contributed by atoms with van der Waals surface area (Å²) in [5.74, 6) is 0. The van der Waals surface area contributed by atoms with Crippen molar-refractivity contribution in [3.05, 3.63) is 28.2 Å². The van der Waals surface area contributed by atoms with Gasteiger partial charge >= 0.3 is 7.12 Å². The van der Waals surface area contributed by atoms with Crippen molar-refractivity contribution in [1.29, 1.82) is 0 Å². The van der Waals surface area contributed by atoms with Gasteiger partial charge in [0, 0.05) is 6.20 Å². The molecule has 2 heterocycles. The van der Waals surface area contributed by atoms with E-state index < -0.39 is 18.3 Å². The number of aliphatic hydroxyl groups is 1. The summed E-state index contributed by atoms with van der Waals surface area (Å²) >= 11 is 0. The molecule has 98 valence electrons. The van der Waals surface area contributed by atoms with Gasteiger partial charge in [-0.2, -0.15) is 0 Å². The summed E-state index contributed by atoms with van der Waals surface area (Å²) in [4.78, 5) is 14.5. The van der Waals surface area contributed by atoms with E-state index in [0.29, 0.717) is 11.0 Å². The van der Waals surface area contributed by atoms with Crippen molar-refractivity contribution in [2.24, 2.45) is 0 Å². The van der Waals surface area contributed by atoms with E-state index in [1.807, 2.05) is 27.7 Å². The molecule has 0 amide bonds. The summed E-state index contributed by atoms with van der Waals surface area (Å²) in [6.07, 6.45) is 1.50. The molecule has 1 saturated heterocycles. The van der Waals surface area contributed by atoms with Gasteiger partial charge in [-0.25, -0.2) is 0 Å². The standard InChI is InChI=1S/C12H18BNO4/c1-11(2)12(3,4)18-13(17-11)9-8(7-15)5-6-14-10(9)16/h5-6,15H,7H2,1-4H3,(H,14,16). The van der Waals surface area contributed by atoms with E-state index >= 15 is 0 Å². The Balaban J connectivity index is 2.44. The molecule has 0 bridgehead atoms. The average Bonchev–Trinajstić information content (AvgIpc) is 2.47. The molecule has 0 aromatic carbocycles. The fourth-order valence-corrected chi connectivity index (χ4v) is 1.89. The summed E-state index contributed by atoms with van der Waals surface area (Å²) < 4.78 is 11.6. The zero-order chi connectivity index (χ0) is 13.6. The summed E-state index contributed by atoms with van der Waals surface area (Å²) in [5, 5.41) is 9.30. The molecule has 0 atom stereocenters. The number of hydrogen-bond donors (Lipinski definition) is 2. The first-order chi connectivity index (χ1) is 8.28. The van der Waals surface area contributed by atoms with Gasteiger partial charge in [-0.05, 0) is 39.3 Å². The smallest absolute Gasteiger partial charge is 0.399 e. The van der Waals surface area contributed by atoms with Gasteiger partial charge in [-0.15, -0.1) is 0 Å². The van der Waals surface area contributed by atoms with E-state index in [9.17, 15) is 9.90 Å². The van der Waals surface area contributed by atoms with E-state index in [1.165, 1.54) is 6.20 Å². The predicted molar refractivity (Wildman–Crippen MR) is 68.7 cm³/mol. The third kappa shape index (κ3) is 2.00. The van der Waals surface area contributed by atoms with E-state index in [0.717, 1.165) is 0 Å². The van der Waals surface area contributed by atoms with E-state index in [4.69, 9.17) is 9.31 Å². The minimum absolute atomic E-state index is 0.219. The van der Waals surface area contributed by atoms with E-state index in [1.54, 1.807) is 6.07 Å². The minimum Gasteiger partial charge on any atom is -0.399 e. The minimum atomic E-state index is -0.748. The predicted octanol–water partition coefficient (Wildman–Crippen LogP) is 0.166. The van der Waals surface area contributed by atoms with Crippen molar-refractivity contribution in [3.63, 3.8) is 0 Å². The van der Waals surface area contributed by atoms with Crippen molar-refractivity contribution < 1.29 is 14.4 Å². The van der Waals surface area contributed by atoms with Crippen LogP contribution in [0.5, 0.6) is 0 Å². The van der Waals surface area contributed by atoms with Crippen LogP contribution in [0, 0.1) is 0 Å². The lowest BCUT2D eigenvalue weighted by Crippen LogP contribution is -2.47. The molecule has 2 N–H and O–H groups in total. The fraction of sp³-hybridized carbons (Fsp3) is 0.583. The largest absolute Gasteiger partial charge is 0.500 e. The number of H-pyrrole nitrogens is 1. The number of aromatic amines is 1. The first-order valence-corrected chi connectivity index (χ1v) is 5.95. The Morgan fingerprint density at radius 3 is 2.33 bits per heavy atom. The highest BCUT2D eigenvalue weighted by Crippen LogP contribution is 2.36. The fourth-order valence-electron chi connectivity index (χ4n) is 1.89. The van der Waals surface area contributed by atoms with E-state index in [-0.39, 0.29) is 12.2 Å². The Bertz CT molecular complexity index is 493. The van der Waals surface area contributed by atoms with Gasteiger partial charge < -0.3 is 19.4 Å². The maximum atomic E-state index is 11.9. The van der Waals surface area contributed by atoms with Crippen LogP contribution in [0.2, 0.25) is 0 Å². The van der Waals surface area contributed by atoms with Crippen LogP contribution >= 0.6 is 0 Å². The monoisotopic (exact) mass is 251 g/mol. The Morgan fingerprint density at radius 2 is 1.83 bits per heavy atom. The summed E-state index contributed by atoms with van der Waals surface area (Å²) in [6, 6.07) is 1.65. The molecule has 1 aliphatic heterocycles. The van der Waals surface area contributed by atoms with Gasteiger partial charge in [0.05, 0.1) is 23.3 Å². The Kier molecular flexibility index (Phi) is 3.13. The molecule has 1 aromatic rings. The average molecular weight is 251 g/mol. The molecule has 0 spiro atoms. The number of nitrogens with one attached hydrogen (secondary N) is 1. The summed E-state index contributed by atoms with van der Waals surface area (Å²) in [7, 11) is -0.748. The molecule has 1 aromatic heterocycles. The Morgan fingerprint density at radius 1 is 1.28 bits per heavy atom. The molecule has 0 radical (unpaired) electrons. The summed E-state index contributed by atoms with van der Waals surface area (Å²) in [5.41, 5.74) is -0.435. The van der Waals surface area contributed by atoms with Crippen LogP contribution in [0.3, 0.4) is 0 Å². The molecular formula is C12H18BNO4. The van der Waals surface area contributed by atoms with Crippen LogP contribution in [-0.4, -0.2) is 28.4 Å². The van der Waals surface area contributed by atoms with Gasteiger partial charge in [0.25, 0.3) is 0 Å². The lowest BCUT2D eigenvalue weighted by atomic mass is 9.77. The topological polar surface area (TPSA) is 71.5 Å². The normalized spacial score (nSPS) is 21.3. The molecule has 2 rings (SSSR count). The highest BCUT2D eigenvalue weighted by Gasteiger charge is 2.53. The second-order valence-corrected chi connectivity index (χ2v) is 5.49. The first kappa shape index (κ1) is 13.3. The Hall–Kier alpha value is -1.11. The zero-order valence-corrected chi connectivity index (χ0v) is 11.1. The number of hydrogen-bond acceptors (Lipinski definition) is 4. The molecule has 5 nitrogen and oxygen atoms in total. The maximum Gasteiger partial charge on any atom is 0.500 e. The van der Waals surface area contributed by atoms with Crippen molar-refractivity contribution in [1.82, 2.24) is 4.98 Å². The van der Waals surface area contributed by atoms with Gasteiger partial charge in [-0.3, -0.25) is 4.79 Å². The molecular weight excluding hydrogens is 233 g/mol. The van der Waals surface area contributed by atoms with Crippen LogP contribution in [0.25, 0.3) is 0 Å². The van der Waals surface area contributed by atoms with Crippen molar-refractivity contribution in [3.8, 4) is 0 Å². The molecule has 6 heteroatoms. The molecule has 1 aliphatic rings. The maximum absolute atomic E-state index is 11.9. The Labute approximate surface area is 106 Å². The second-order valence-electron chi connectivity index (χ2n) is 5.49. The quantitative estimate of drug-likeness (QED) is 0.735. The number of aromatic nitrogens is 1. The van der Waals surface area contributed by atoms with Crippen molar-refractivity contribution in [2.75, 3.05) is 0 Å². The third-order valence-electron chi connectivity index (χ3n) is 3.75. The van der Waals surface area contributed by atoms with Gasteiger partial charge in [-0.1, -0.05) is 0 Å². The number of pyridine rings is 1. The third-order valence-corrected chi connectivity index (χ3v) is 3.75. The second kappa shape index (κ2) is 4.22. The van der Waals surface area contributed by atoms with Crippen LogP contribution < -0.4 is 11.0 Å². The van der Waals surface area contributed by atoms with Gasteiger partial charge in [0.2, 0.25) is 5.56 Å². The van der Waals surface area contributed by atoms with Gasteiger partial charge in [0.1, 0.15) is 0 Å². The highest BCUT2D eigenvalue weighted by molar-refractivity contribution is 6.62. The van der Waals surface area contributed by atoms with Gasteiger partial charge in [0.15, 0.2) is 0 Å².